The van der Waals surface area contributed by atoms with Crippen molar-refractivity contribution in [1.29, 1.82) is 0 Å². The second-order valence-corrected chi connectivity index (χ2v) is 9.39. The topological polar surface area (TPSA) is 72.5 Å². The minimum atomic E-state index is -3.20. The van der Waals surface area contributed by atoms with Crippen molar-refractivity contribution in [1.82, 2.24) is 5.32 Å². The van der Waals surface area contributed by atoms with Gasteiger partial charge in [-0.2, -0.15) is 0 Å². The van der Waals surface area contributed by atoms with Crippen molar-refractivity contribution in [3.05, 3.63) is 54.1 Å². The van der Waals surface area contributed by atoms with Crippen molar-refractivity contribution in [2.24, 2.45) is 0 Å². The summed E-state index contributed by atoms with van der Waals surface area (Å²) in [6.45, 7) is 3.10. The van der Waals surface area contributed by atoms with Gasteiger partial charge in [0, 0.05) is 29.9 Å². The van der Waals surface area contributed by atoms with Crippen LogP contribution in [-0.2, 0) is 14.6 Å². The van der Waals surface area contributed by atoms with E-state index in [1.165, 1.54) is 28.8 Å². The monoisotopic (exact) mass is 407 g/mol. The van der Waals surface area contributed by atoms with Gasteiger partial charge >= 0.3 is 0 Å². The van der Waals surface area contributed by atoms with Crippen LogP contribution in [0, 0.1) is 6.92 Å². The molecular formula is C20H25NO4S2. The normalized spacial score (nSPS) is 11.2. The number of rotatable bonds is 10. The molecule has 0 bridgehead atoms. The zero-order chi connectivity index (χ0) is 19.7. The summed E-state index contributed by atoms with van der Waals surface area (Å²) in [5.74, 6) is 1.44. The van der Waals surface area contributed by atoms with Crippen molar-refractivity contribution >= 4 is 27.5 Å². The second-order valence-electron chi connectivity index (χ2n) is 6.21. The van der Waals surface area contributed by atoms with Gasteiger partial charge in [0.25, 0.3) is 0 Å². The molecule has 0 atom stereocenters. The van der Waals surface area contributed by atoms with E-state index in [-0.39, 0.29) is 10.8 Å². The van der Waals surface area contributed by atoms with Crippen LogP contribution >= 0.6 is 11.8 Å². The standard InChI is InChI=1S/C20H25NO4S2/c1-16-5-9-18(10-6-16)26-15-13-21-20(22)4-3-14-25-17-7-11-19(12-8-17)27(2,23)24/h5-12H,3-4,13-15H2,1-2H3,(H,21,22). The maximum absolute atomic E-state index is 11.8. The highest BCUT2D eigenvalue weighted by atomic mass is 32.2. The molecule has 0 fully saturated rings. The highest BCUT2D eigenvalue weighted by Gasteiger charge is 2.06. The van der Waals surface area contributed by atoms with Crippen LogP contribution in [0.4, 0.5) is 0 Å². The Kier molecular flexibility index (Phi) is 8.19. The number of carbonyl (C=O) groups excluding carboxylic acids is 1. The van der Waals surface area contributed by atoms with E-state index >= 15 is 0 Å². The molecule has 0 aliphatic carbocycles. The number of carbonyl (C=O) groups is 1. The molecule has 2 aromatic carbocycles. The summed E-state index contributed by atoms with van der Waals surface area (Å²) in [5.41, 5.74) is 1.24. The highest BCUT2D eigenvalue weighted by Crippen LogP contribution is 2.17. The molecule has 0 saturated carbocycles. The van der Waals surface area contributed by atoms with Crippen LogP contribution in [0.15, 0.2) is 58.3 Å². The molecular weight excluding hydrogens is 382 g/mol. The van der Waals surface area contributed by atoms with E-state index < -0.39 is 9.84 Å². The minimum Gasteiger partial charge on any atom is -0.494 e. The van der Waals surface area contributed by atoms with Gasteiger partial charge < -0.3 is 10.1 Å². The lowest BCUT2D eigenvalue weighted by atomic mass is 10.2. The van der Waals surface area contributed by atoms with E-state index in [9.17, 15) is 13.2 Å². The molecule has 2 aromatic rings. The van der Waals surface area contributed by atoms with Crippen LogP contribution in [0.3, 0.4) is 0 Å². The third-order valence-electron chi connectivity index (χ3n) is 3.78. The first-order valence-corrected chi connectivity index (χ1v) is 11.6. The van der Waals surface area contributed by atoms with Crippen molar-refractivity contribution < 1.29 is 17.9 Å². The maximum Gasteiger partial charge on any atom is 0.220 e. The Balaban J connectivity index is 1.57. The Morgan fingerprint density at radius 3 is 2.37 bits per heavy atom. The SMILES string of the molecule is Cc1ccc(SCCNC(=O)CCCOc2ccc(S(C)(=O)=O)cc2)cc1. The largest absolute Gasteiger partial charge is 0.494 e. The molecule has 146 valence electrons. The van der Waals surface area contributed by atoms with Crippen molar-refractivity contribution in [2.75, 3.05) is 25.2 Å². The van der Waals surface area contributed by atoms with Gasteiger partial charge in [-0.1, -0.05) is 17.7 Å². The van der Waals surface area contributed by atoms with Gasteiger partial charge in [0.2, 0.25) is 5.91 Å². The van der Waals surface area contributed by atoms with Crippen LogP contribution < -0.4 is 10.1 Å². The van der Waals surface area contributed by atoms with E-state index in [4.69, 9.17) is 4.74 Å². The van der Waals surface area contributed by atoms with E-state index in [2.05, 4.69) is 36.5 Å². The van der Waals surface area contributed by atoms with Gasteiger partial charge in [0.15, 0.2) is 9.84 Å². The summed E-state index contributed by atoms with van der Waals surface area (Å²) in [7, 11) is -3.20. The number of hydrogen-bond donors (Lipinski definition) is 1. The van der Waals surface area contributed by atoms with Crippen molar-refractivity contribution in [3.8, 4) is 5.75 Å². The molecule has 7 heteroatoms. The summed E-state index contributed by atoms with van der Waals surface area (Å²) < 4.78 is 28.3. The van der Waals surface area contributed by atoms with Gasteiger partial charge in [-0.3, -0.25) is 4.79 Å². The van der Waals surface area contributed by atoms with Gasteiger partial charge in [-0.25, -0.2) is 8.42 Å². The number of amides is 1. The Bertz CT molecular complexity index is 831. The van der Waals surface area contributed by atoms with Gasteiger partial charge in [0.1, 0.15) is 5.75 Å². The summed E-state index contributed by atoms with van der Waals surface area (Å²) in [6, 6.07) is 14.6. The Labute approximate surface area is 165 Å². The molecule has 2 rings (SSSR count). The molecule has 27 heavy (non-hydrogen) atoms. The number of ether oxygens (including phenoxy) is 1. The maximum atomic E-state index is 11.8. The first-order valence-electron chi connectivity index (χ1n) is 8.74. The molecule has 0 saturated heterocycles. The molecule has 0 aliphatic rings. The zero-order valence-corrected chi connectivity index (χ0v) is 17.2. The fourth-order valence-electron chi connectivity index (χ4n) is 2.29. The molecule has 0 aromatic heterocycles. The highest BCUT2D eigenvalue weighted by molar-refractivity contribution is 7.99. The summed E-state index contributed by atoms with van der Waals surface area (Å²) >= 11 is 1.72. The van der Waals surface area contributed by atoms with E-state index in [0.717, 1.165) is 5.75 Å². The molecule has 1 N–H and O–H groups in total. The van der Waals surface area contributed by atoms with E-state index in [0.29, 0.717) is 31.7 Å². The first-order chi connectivity index (χ1) is 12.8. The number of hydrogen-bond acceptors (Lipinski definition) is 5. The molecule has 0 radical (unpaired) electrons. The molecule has 1 amide bonds. The van der Waals surface area contributed by atoms with Crippen LogP contribution in [0.5, 0.6) is 5.75 Å². The van der Waals surface area contributed by atoms with Gasteiger partial charge in [0.05, 0.1) is 11.5 Å². The van der Waals surface area contributed by atoms with Crippen LogP contribution in [0.25, 0.3) is 0 Å². The average molecular weight is 408 g/mol. The molecule has 5 nitrogen and oxygen atoms in total. The first kappa shape index (κ1) is 21.3. The lowest BCUT2D eigenvalue weighted by Gasteiger charge is -2.08. The Hall–Kier alpha value is -1.99. The van der Waals surface area contributed by atoms with E-state index in [1.807, 2.05) is 0 Å². The molecule has 0 aliphatic heterocycles. The Morgan fingerprint density at radius 1 is 1.07 bits per heavy atom. The fourth-order valence-corrected chi connectivity index (χ4v) is 3.69. The predicted octanol–water partition coefficient (Wildman–Crippen LogP) is 3.47. The summed E-state index contributed by atoms with van der Waals surface area (Å²) in [5, 5.41) is 2.91. The quantitative estimate of drug-likeness (QED) is 0.482. The molecule has 0 unspecified atom stereocenters. The summed E-state index contributed by atoms with van der Waals surface area (Å²) in [4.78, 5) is 13.3. The van der Waals surface area contributed by atoms with E-state index in [1.54, 1.807) is 23.9 Å². The summed E-state index contributed by atoms with van der Waals surface area (Å²) in [6.07, 6.45) is 2.17. The fraction of sp³-hybridized carbons (Fsp3) is 0.350. The molecule has 0 heterocycles. The van der Waals surface area contributed by atoms with Crippen LogP contribution in [0.1, 0.15) is 18.4 Å². The average Bonchev–Trinajstić information content (AvgIpc) is 2.63. The number of sulfone groups is 1. The van der Waals surface area contributed by atoms with Crippen LogP contribution in [0.2, 0.25) is 0 Å². The number of benzene rings is 2. The van der Waals surface area contributed by atoms with Crippen molar-refractivity contribution in [3.63, 3.8) is 0 Å². The number of nitrogens with one attached hydrogen (secondary N) is 1. The molecule has 0 spiro atoms. The lowest BCUT2D eigenvalue weighted by Crippen LogP contribution is -2.25. The van der Waals surface area contributed by atoms with Crippen LogP contribution in [-0.4, -0.2) is 39.5 Å². The number of thioether (sulfide) groups is 1. The van der Waals surface area contributed by atoms with Gasteiger partial charge in [-0.15, -0.1) is 11.8 Å². The minimum absolute atomic E-state index is 0.00975. The predicted molar refractivity (Wildman–Crippen MR) is 109 cm³/mol. The van der Waals surface area contributed by atoms with Crippen molar-refractivity contribution in [2.45, 2.75) is 29.6 Å². The smallest absolute Gasteiger partial charge is 0.220 e. The lowest BCUT2D eigenvalue weighted by molar-refractivity contribution is -0.121. The Morgan fingerprint density at radius 2 is 1.74 bits per heavy atom. The zero-order valence-electron chi connectivity index (χ0n) is 15.6. The second kappa shape index (κ2) is 10.4. The number of aryl methyl sites for hydroxylation is 1. The van der Waals surface area contributed by atoms with Gasteiger partial charge in [-0.05, 0) is 49.7 Å². The third kappa shape index (κ3) is 8.05. The third-order valence-corrected chi connectivity index (χ3v) is 5.92.